The molecule has 1 fully saturated rings. The van der Waals surface area contributed by atoms with Crippen LogP contribution in [-0.2, 0) is 10.2 Å². The number of hydrogen-bond donors (Lipinski definition) is 2. The molecule has 6 nitrogen and oxygen atoms in total. The molecule has 1 aliphatic rings. The second kappa shape index (κ2) is 6.95. The highest BCUT2D eigenvalue weighted by atomic mass is 79.9. The van der Waals surface area contributed by atoms with Gasteiger partial charge in [-0.2, -0.15) is 12.7 Å². The first-order valence-electron chi connectivity index (χ1n) is 6.81. The molecule has 8 heteroatoms. The molecule has 0 amide bonds. The molecule has 1 aliphatic heterocycles. The molecule has 0 radical (unpaired) electrons. The fourth-order valence-electron chi connectivity index (χ4n) is 2.43. The summed E-state index contributed by atoms with van der Waals surface area (Å²) in [5.74, 6) is 0.588. The largest absolute Gasteiger partial charge is 0.497 e. The number of methoxy groups -OCH3 is 1. The average Bonchev–Trinajstić information content (AvgIpc) is 2.49. The highest BCUT2D eigenvalue weighted by molar-refractivity contribution is 9.10. The highest BCUT2D eigenvalue weighted by Crippen LogP contribution is 2.29. The van der Waals surface area contributed by atoms with Gasteiger partial charge < -0.3 is 10.5 Å². The lowest BCUT2D eigenvalue weighted by atomic mass is 10.1. The minimum atomic E-state index is -3.63. The van der Waals surface area contributed by atoms with E-state index in [9.17, 15) is 8.42 Å². The summed E-state index contributed by atoms with van der Waals surface area (Å²) in [4.78, 5) is 0. The van der Waals surface area contributed by atoms with Crippen LogP contribution in [0.3, 0.4) is 0 Å². The van der Waals surface area contributed by atoms with E-state index in [4.69, 9.17) is 10.5 Å². The van der Waals surface area contributed by atoms with Crippen molar-refractivity contribution < 1.29 is 13.2 Å². The predicted octanol–water partition coefficient (Wildman–Crippen LogP) is 1.93. The first-order chi connectivity index (χ1) is 9.97. The molecule has 21 heavy (non-hydrogen) atoms. The molecule has 0 spiro atoms. The summed E-state index contributed by atoms with van der Waals surface area (Å²) >= 11 is 3.34. The minimum absolute atomic E-state index is 0.138. The van der Waals surface area contributed by atoms with Crippen molar-refractivity contribution in [2.45, 2.75) is 25.3 Å². The molecule has 1 heterocycles. The van der Waals surface area contributed by atoms with Crippen molar-refractivity contribution in [3.8, 4) is 5.75 Å². The molecule has 1 atom stereocenters. The second-order valence-corrected chi connectivity index (χ2v) is 7.43. The molecular weight excluding hydrogens is 358 g/mol. The standard InChI is InChI=1S/C13H20BrN3O3S/c1-20-11-5-6-12(14)13(8-11)16-21(18,19)17-7-3-2-4-10(17)9-15/h5-6,8,10,16H,2-4,7,9,15H2,1H3. The van der Waals surface area contributed by atoms with Crippen LogP contribution in [-0.4, -0.2) is 39.0 Å². The van der Waals surface area contributed by atoms with Gasteiger partial charge in [0.1, 0.15) is 5.75 Å². The topological polar surface area (TPSA) is 84.7 Å². The van der Waals surface area contributed by atoms with Crippen LogP contribution in [0, 0.1) is 0 Å². The van der Waals surface area contributed by atoms with E-state index in [1.54, 1.807) is 18.2 Å². The fraction of sp³-hybridized carbons (Fsp3) is 0.538. The third-order valence-electron chi connectivity index (χ3n) is 3.57. The Balaban J connectivity index is 2.24. The summed E-state index contributed by atoms with van der Waals surface area (Å²) in [7, 11) is -2.09. The Morgan fingerprint density at radius 1 is 1.48 bits per heavy atom. The summed E-state index contributed by atoms with van der Waals surface area (Å²) < 4.78 is 35.0. The van der Waals surface area contributed by atoms with Gasteiger partial charge in [0.2, 0.25) is 0 Å². The Labute approximate surface area is 134 Å². The van der Waals surface area contributed by atoms with E-state index in [1.165, 1.54) is 11.4 Å². The van der Waals surface area contributed by atoms with Gasteiger partial charge in [-0.25, -0.2) is 0 Å². The van der Waals surface area contributed by atoms with Crippen molar-refractivity contribution in [2.24, 2.45) is 5.73 Å². The molecule has 1 aromatic carbocycles. The molecule has 118 valence electrons. The molecule has 1 unspecified atom stereocenters. The third kappa shape index (κ3) is 3.88. The Hall–Kier alpha value is -0.830. The van der Waals surface area contributed by atoms with Gasteiger partial charge in [-0.1, -0.05) is 6.42 Å². The number of rotatable bonds is 5. The molecule has 3 N–H and O–H groups in total. The van der Waals surface area contributed by atoms with Crippen molar-refractivity contribution in [1.29, 1.82) is 0 Å². The summed E-state index contributed by atoms with van der Waals surface area (Å²) in [5, 5.41) is 0. The average molecular weight is 378 g/mol. The Bertz CT molecular complexity index is 594. The Morgan fingerprint density at radius 2 is 2.24 bits per heavy atom. The van der Waals surface area contributed by atoms with Crippen LogP contribution in [0.5, 0.6) is 5.75 Å². The summed E-state index contributed by atoms with van der Waals surface area (Å²) in [5.41, 5.74) is 6.15. The number of nitrogens with one attached hydrogen (secondary N) is 1. The highest BCUT2D eigenvalue weighted by Gasteiger charge is 2.31. The Kier molecular flexibility index (Phi) is 5.48. The second-order valence-electron chi connectivity index (χ2n) is 4.95. The molecular formula is C13H20BrN3O3S. The molecule has 0 aromatic heterocycles. The van der Waals surface area contributed by atoms with Crippen molar-refractivity contribution >= 4 is 31.8 Å². The number of ether oxygens (including phenoxy) is 1. The van der Waals surface area contributed by atoms with Gasteiger partial charge in [-0.05, 0) is 40.9 Å². The van der Waals surface area contributed by atoms with Gasteiger partial charge >= 0.3 is 10.2 Å². The monoisotopic (exact) mass is 377 g/mol. The van der Waals surface area contributed by atoms with Crippen LogP contribution >= 0.6 is 15.9 Å². The first-order valence-corrected chi connectivity index (χ1v) is 9.04. The molecule has 0 saturated carbocycles. The first kappa shape index (κ1) is 16.5. The maximum Gasteiger partial charge on any atom is 0.301 e. The number of piperidine rings is 1. The molecule has 1 aromatic rings. The van der Waals surface area contributed by atoms with Crippen molar-refractivity contribution in [1.82, 2.24) is 4.31 Å². The van der Waals surface area contributed by atoms with Crippen molar-refractivity contribution in [3.63, 3.8) is 0 Å². The number of nitrogens with two attached hydrogens (primary N) is 1. The van der Waals surface area contributed by atoms with Crippen LogP contribution < -0.4 is 15.2 Å². The van der Waals surface area contributed by atoms with Gasteiger partial charge in [0.05, 0.1) is 12.8 Å². The number of benzene rings is 1. The number of nitrogens with zero attached hydrogens (tertiary/aromatic N) is 1. The maximum atomic E-state index is 12.6. The van der Waals surface area contributed by atoms with Crippen LogP contribution in [0.2, 0.25) is 0 Å². The van der Waals surface area contributed by atoms with Crippen molar-refractivity contribution in [3.05, 3.63) is 22.7 Å². The fourth-order valence-corrected chi connectivity index (χ4v) is 4.43. The summed E-state index contributed by atoms with van der Waals surface area (Å²) in [6.45, 7) is 0.832. The van der Waals surface area contributed by atoms with Gasteiger partial charge in [-0.15, -0.1) is 0 Å². The lowest BCUT2D eigenvalue weighted by Crippen LogP contribution is -2.49. The zero-order valence-electron chi connectivity index (χ0n) is 11.9. The number of hydrogen-bond acceptors (Lipinski definition) is 4. The van der Waals surface area contributed by atoms with Gasteiger partial charge in [0.25, 0.3) is 0 Å². The zero-order valence-corrected chi connectivity index (χ0v) is 14.3. The van der Waals surface area contributed by atoms with E-state index in [0.717, 1.165) is 19.3 Å². The number of anilines is 1. The van der Waals surface area contributed by atoms with Crippen LogP contribution in [0.4, 0.5) is 5.69 Å². The third-order valence-corrected chi connectivity index (χ3v) is 5.83. The van der Waals surface area contributed by atoms with Gasteiger partial charge in [0, 0.05) is 29.7 Å². The molecule has 2 rings (SSSR count). The summed E-state index contributed by atoms with van der Waals surface area (Å²) in [6.07, 6.45) is 2.67. The lowest BCUT2D eigenvalue weighted by molar-refractivity contribution is 0.259. The van der Waals surface area contributed by atoms with E-state index in [2.05, 4.69) is 20.7 Å². The normalized spacial score (nSPS) is 20.2. The quantitative estimate of drug-likeness (QED) is 0.820. The SMILES string of the molecule is COc1ccc(Br)c(NS(=O)(=O)N2CCCCC2CN)c1. The van der Waals surface area contributed by atoms with Gasteiger partial charge in [0.15, 0.2) is 0 Å². The minimum Gasteiger partial charge on any atom is -0.497 e. The maximum absolute atomic E-state index is 12.6. The van der Waals surface area contributed by atoms with Crippen LogP contribution in [0.1, 0.15) is 19.3 Å². The molecule has 0 bridgehead atoms. The van der Waals surface area contributed by atoms with Crippen LogP contribution in [0.15, 0.2) is 22.7 Å². The Morgan fingerprint density at radius 3 is 2.90 bits per heavy atom. The molecule has 1 saturated heterocycles. The molecule has 0 aliphatic carbocycles. The predicted molar refractivity (Wildman–Crippen MR) is 86.6 cm³/mol. The summed E-state index contributed by atoms with van der Waals surface area (Å²) in [6, 6.07) is 5.00. The van der Waals surface area contributed by atoms with Crippen LogP contribution in [0.25, 0.3) is 0 Å². The van der Waals surface area contributed by atoms with E-state index in [0.29, 0.717) is 29.0 Å². The van der Waals surface area contributed by atoms with E-state index < -0.39 is 10.2 Å². The lowest BCUT2D eigenvalue weighted by Gasteiger charge is -2.34. The van der Waals surface area contributed by atoms with E-state index in [1.807, 2.05) is 0 Å². The zero-order chi connectivity index (χ0) is 15.5. The van der Waals surface area contributed by atoms with E-state index >= 15 is 0 Å². The van der Waals surface area contributed by atoms with E-state index in [-0.39, 0.29) is 6.04 Å². The van der Waals surface area contributed by atoms with Crippen molar-refractivity contribution in [2.75, 3.05) is 24.9 Å². The number of halogens is 1. The smallest absolute Gasteiger partial charge is 0.301 e. The van der Waals surface area contributed by atoms with Gasteiger partial charge in [-0.3, -0.25) is 4.72 Å².